The van der Waals surface area contributed by atoms with Crippen molar-refractivity contribution in [3.8, 4) is 5.75 Å². The average molecular weight is 281 g/mol. The molecule has 0 spiro atoms. The summed E-state index contributed by atoms with van der Waals surface area (Å²) in [7, 11) is 1.58. The van der Waals surface area contributed by atoms with E-state index in [2.05, 4.69) is 30.8 Å². The summed E-state index contributed by atoms with van der Waals surface area (Å²) in [6, 6.07) is 0. The minimum Gasteiger partial charge on any atom is -0.493 e. The Balaban J connectivity index is 3.30. The molecule has 0 aromatic carbocycles. The predicted octanol–water partition coefficient (Wildman–Crippen LogP) is 2.60. The van der Waals surface area contributed by atoms with E-state index in [-0.39, 0.29) is 5.78 Å². The van der Waals surface area contributed by atoms with Gasteiger partial charge in [-0.15, -0.1) is 0 Å². The molecule has 5 heteroatoms. The van der Waals surface area contributed by atoms with Crippen LogP contribution in [0.5, 0.6) is 5.75 Å². The van der Waals surface area contributed by atoms with Gasteiger partial charge in [-0.2, -0.15) is 5.10 Å². The number of hydrogen-bond acceptors (Lipinski definition) is 4. The van der Waals surface area contributed by atoms with Crippen molar-refractivity contribution in [2.24, 2.45) is 0 Å². The highest BCUT2D eigenvalue weighted by atomic mass is 16.5. The monoisotopic (exact) mass is 281 g/mol. The van der Waals surface area contributed by atoms with E-state index in [0.29, 0.717) is 18.0 Å². The van der Waals surface area contributed by atoms with Crippen LogP contribution in [0.15, 0.2) is 6.20 Å². The number of methoxy groups -OCH3 is 1. The number of carbonyl (C=O) groups is 1. The van der Waals surface area contributed by atoms with E-state index >= 15 is 0 Å². The minimum atomic E-state index is -0.524. The number of nitrogens with zero attached hydrogens (tertiary/aromatic N) is 3. The number of ether oxygens (including phenoxy) is 1. The Kier molecular flexibility index (Phi) is 5.74. The number of aromatic nitrogens is 2. The third-order valence-corrected chi connectivity index (χ3v) is 4.18. The Morgan fingerprint density at radius 1 is 1.35 bits per heavy atom. The van der Waals surface area contributed by atoms with E-state index in [1.165, 1.54) is 0 Å². The van der Waals surface area contributed by atoms with Gasteiger partial charge in [0.2, 0.25) is 5.78 Å². The fourth-order valence-corrected chi connectivity index (χ4v) is 2.69. The van der Waals surface area contributed by atoms with Gasteiger partial charge >= 0.3 is 0 Å². The molecule has 0 saturated carbocycles. The highest BCUT2D eigenvalue weighted by Gasteiger charge is 2.39. The maximum Gasteiger partial charge on any atom is 0.204 e. The molecule has 0 amide bonds. The fourth-order valence-electron chi connectivity index (χ4n) is 2.69. The van der Waals surface area contributed by atoms with Gasteiger partial charge in [0.1, 0.15) is 5.69 Å². The topological polar surface area (TPSA) is 47.4 Å². The van der Waals surface area contributed by atoms with Crippen molar-refractivity contribution >= 4 is 5.78 Å². The van der Waals surface area contributed by atoms with Gasteiger partial charge in [-0.05, 0) is 33.4 Å². The standard InChI is InChI=1S/C15H27N3O2/c1-7-15(5,17(8-2)9-3)14(19)13-12(20-6)11-16-18(13)10-4/h11H,7-10H2,1-6H3. The van der Waals surface area contributed by atoms with Gasteiger partial charge in [0.25, 0.3) is 0 Å². The van der Waals surface area contributed by atoms with Gasteiger partial charge in [0, 0.05) is 6.54 Å². The summed E-state index contributed by atoms with van der Waals surface area (Å²) in [5.74, 6) is 0.642. The van der Waals surface area contributed by atoms with E-state index in [1.54, 1.807) is 18.0 Å². The van der Waals surface area contributed by atoms with Crippen molar-refractivity contribution in [2.45, 2.75) is 53.1 Å². The van der Waals surface area contributed by atoms with Crippen LogP contribution in [0.25, 0.3) is 0 Å². The Bertz CT molecular complexity index is 430. The molecule has 1 aromatic heterocycles. The highest BCUT2D eigenvalue weighted by molar-refractivity contribution is 6.03. The van der Waals surface area contributed by atoms with E-state index in [0.717, 1.165) is 19.5 Å². The number of rotatable bonds is 8. The second-order valence-electron chi connectivity index (χ2n) is 5.01. The number of ketones is 1. The number of hydrogen-bond donors (Lipinski definition) is 0. The molecule has 1 aromatic rings. The lowest BCUT2D eigenvalue weighted by molar-refractivity contribution is 0.0593. The van der Waals surface area contributed by atoms with Crippen LogP contribution in [0.1, 0.15) is 51.5 Å². The van der Waals surface area contributed by atoms with Crippen molar-refractivity contribution in [3.05, 3.63) is 11.9 Å². The predicted molar refractivity (Wildman–Crippen MR) is 80.4 cm³/mol. The molecule has 0 N–H and O–H groups in total. The molecule has 0 fully saturated rings. The quantitative estimate of drug-likeness (QED) is 0.687. The van der Waals surface area contributed by atoms with Crippen molar-refractivity contribution < 1.29 is 9.53 Å². The molecule has 1 unspecified atom stereocenters. The highest BCUT2D eigenvalue weighted by Crippen LogP contribution is 2.29. The molecule has 1 atom stereocenters. The van der Waals surface area contributed by atoms with Crippen LogP contribution in [0.2, 0.25) is 0 Å². The zero-order chi connectivity index (χ0) is 15.3. The first-order valence-electron chi connectivity index (χ1n) is 7.39. The SMILES string of the molecule is CCN(CC)C(C)(CC)C(=O)c1c(OC)cnn1CC. The first-order valence-corrected chi connectivity index (χ1v) is 7.39. The first-order chi connectivity index (χ1) is 9.49. The van der Waals surface area contributed by atoms with Crippen LogP contribution >= 0.6 is 0 Å². The molecule has 0 radical (unpaired) electrons. The molecule has 0 aliphatic rings. The van der Waals surface area contributed by atoms with Gasteiger partial charge in [-0.3, -0.25) is 14.4 Å². The largest absolute Gasteiger partial charge is 0.493 e. The lowest BCUT2D eigenvalue weighted by Crippen LogP contribution is -2.52. The second-order valence-corrected chi connectivity index (χ2v) is 5.01. The summed E-state index contributed by atoms with van der Waals surface area (Å²) in [6.07, 6.45) is 2.38. The smallest absolute Gasteiger partial charge is 0.204 e. The van der Waals surface area contributed by atoms with Gasteiger partial charge in [-0.25, -0.2) is 0 Å². The summed E-state index contributed by atoms with van der Waals surface area (Å²) in [4.78, 5) is 15.3. The fraction of sp³-hybridized carbons (Fsp3) is 0.733. The molecule has 1 heterocycles. The second kappa shape index (κ2) is 6.88. The van der Waals surface area contributed by atoms with Gasteiger partial charge in [0.15, 0.2) is 5.75 Å². The van der Waals surface area contributed by atoms with Crippen LogP contribution < -0.4 is 4.74 Å². The van der Waals surface area contributed by atoms with Gasteiger partial charge in [-0.1, -0.05) is 20.8 Å². The molecule has 0 aliphatic heterocycles. The Hall–Kier alpha value is -1.36. The van der Waals surface area contributed by atoms with E-state index in [1.807, 2.05) is 13.8 Å². The molecule has 0 saturated heterocycles. The van der Waals surface area contributed by atoms with Crippen molar-refractivity contribution in [1.82, 2.24) is 14.7 Å². The Labute approximate surface area is 121 Å². The zero-order valence-corrected chi connectivity index (χ0v) is 13.6. The summed E-state index contributed by atoms with van der Waals surface area (Å²) in [5.41, 5.74) is 0.0512. The minimum absolute atomic E-state index is 0.0832. The van der Waals surface area contributed by atoms with E-state index in [9.17, 15) is 4.79 Å². The maximum atomic E-state index is 13.1. The summed E-state index contributed by atoms with van der Waals surface area (Å²) >= 11 is 0. The first kappa shape index (κ1) is 16.7. The molecule has 114 valence electrons. The summed E-state index contributed by atoms with van der Waals surface area (Å²) in [5, 5.41) is 4.24. The molecular weight excluding hydrogens is 254 g/mol. The number of likely N-dealkylation sites (N-methyl/N-ethyl adjacent to an activating group) is 1. The van der Waals surface area contributed by atoms with Crippen LogP contribution in [0, 0.1) is 0 Å². The number of aryl methyl sites for hydroxylation is 1. The number of Topliss-reactive ketones (excluding diaryl/α,β-unsaturated/α-hetero) is 1. The normalized spacial score (nSPS) is 14.3. The van der Waals surface area contributed by atoms with Gasteiger partial charge < -0.3 is 4.74 Å². The molecule has 0 bridgehead atoms. The van der Waals surface area contributed by atoms with Crippen LogP contribution in [-0.2, 0) is 6.54 Å². The lowest BCUT2D eigenvalue weighted by atomic mass is 9.88. The van der Waals surface area contributed by atoms with E-state index < -0.39 is 5.54 Å². The lowest BCUT2D eigenvalue weighted by Gasteiger charge is -2.38. The third-order valence-electron chi connectivity index (χ3n) is 4.18. The average Bonchev–Trinajstić information content (AvgIpc) is 2.89. The number of carbonyl (C=O) groups excluding carboxylic acids is 1. The van der Waals surface area contributed by atoms with Gasteiger partial charge in [0.05, 0.1) is 18.8 Å². The molecule has 0 aliphatic carbocycles. The zero-order valence-electron chi connectivity index (χ0n) is 13.6. The third kappa shape index (κ3) is 2.73. The van der Waals surface area contributed by atoms with Crippen LogP contribution in [0.3, 0.4) is 0 Å². The Morgan fingerprint density at radius 3 is 2.35 bits per heavy atom. The van der Waals surface area contributed by atoms with Crippen LogP contribution in [0.4, 0.5) is 0 Å². The van der Waals surface area contributed by atoms with Crippen molar-refractivity contribution in [3.63, 3.8) is 0 Å². The Morgan fingerprint density at radius 2 is 1.95 bits per heavy atom. The van der Waals surface area contributed by atoms with Crippen molar-refractivity contribution in [1.29, 1.82) is 0 Å². The van der Waals surface area contributed by atoms with Crippen LogP contribution in [-0.4, -0.2) is 46.2 Å². The molecule has 1 rings (SSSR count). The molecule has 5 nitrogen and oxygen atoms in total. The summed E-state index contributed by atoms with van der Waals surface area (Å²) in [6.45, 7) is 12.5. The van der Waals surface area contributed by atoms with Crippen molar-refractivity contribution in [2.75, 3.05) is 20.2 Å². The summed E-state index contributed by atoms with van der Waals surface area (Å²) < 4.78 is 7.03. The maximum absolute atomic E-state index is 13.1. The van der Waals surface area contributed by atoms with E-state index in [4.69, 9.17) is 4.74 Å². The molecular formula is C15H27N3O2. The molecule has 20 heavy (non-hydrogen) atoms.